The number of nitrogens with zero attached hydrogens (tertiary/aromatic N) is 2. The fourth-order valence-electron chi connectivity index (χ4n) is 3.82. The Morgan fingerprint density at radius 3 is 2.82 bits per heavy atom. The molecule has 0 aliphatic rings. The zero-order chi connectivity index (χ0) is 25.3. The van der Waals surface area contributed by atoms with Gasteiger partial charge in [0.15, 0.2) is 6.20 Å². The molecule has 0 aliphatic carbocycles. The van der Waals surface area contributed by atoms with Crippen molar-refractivity contribution >= 4 is 32.8 Å². The fraction of sp³-hybridized carbons (Fsp3) is 0.200. The molecule has 2 aromatic carbocycles. The summed E-state index contributed by atoms with van der Waals surface area (Å²) in [4.78, 5) is 4.48. The maximum atomic E-state index is 8.59. The van der Waals surface area contributed by atoms with Crippen molar-refractivity contribution in [3.8, 4) is 11.3 Å². The third-order valence-electron chi connectivity index (χ3n) is 5.28. The summed E-state index contributed by atoms with van der Waals surface area (Å²) in [5.41, 5.74) is 3.32. The van der Waals surface area contributed by atoms with E-state index >= 15 is 0 Å². The van der Waals surface area contributed by atoms with Gasteiger partial charge in [-0.1, -0.05) is 38.0 Å². The van der Waals surface area contributed by atoms with E-state index in [-0.39, 0.29) is 5.56 Å². The maximum Gasteiger partial charge on any atom is 0.227 e. The third kappa shape index (κ3) is 2.50. The van der Waals surface area contributed by atoms with Gasteiger partial charge in [0.1, 0.15) is 12.6 Å². The van der Waals surface area contributed by atoms with Crippen LogP contribution in [0.15, 0.2) is 65.3 Å². The second kappa shape index (κ2) is 6.16. The molecule has 3 heterocycles. The van der Waals surface area contributed by atoms with Gasteiger partial charge in [0.25, 0.3) is 0 Å². The van der Waals surface area contributed by atoms with Crippen molar-refractivity contribution in [1.82, 2.24) is 4.98 Å². The van der Waals surface area contributed by atoms with Crippen LogP contribution in [0, 0.1) is 6.92 Å². The molecule has 0 N–H and O–H groups in total. The Labute approximate surface area is 174 Å². The summed E-state index contributed by atoms with van der Waals surface area (Å²) in [6, 6.07) is 14.6. The number of rotatable bonds is 2. The largest absolute Gasteiger partial charge is 0.438 e. The van der Waals surface area contributed by atoms with Gasteiger partial charge in [-0.2, -0.15) is 0 Å². The van der Waals surface area contributed by atoms with Gasteiger partial charge in [0, 0.05) is 44.3 Å². The molecule has 0 bridgehead atoms. The molecule has 0 radical (unpaired) electrons. The fourth-order valence-corrected chi connectivity index (χ4v) is 3.82. The van der Waals surface area contributed by atoms with Crippen LogP contribution in [0.1, 0.15) is 40.3 Å². The normalized spacial score (nSPS) is 16.9. The summed E-state index contributed by atoms with van der Waals surface area (Å²) in [7, 11) is 1.80. The Kier molecular flexibility index (Phi) is 2.41. The van der Waals surface area contributed by atoms with E-state index in [1.54, 1.807) is 24.0 Å². The van der Waals surface area contributed by atoms with Gasteiger partial charge in [-0.3, -0.25) is 0 Å². The van der Waals surface area contributed by atoms with E-state index in [4.69, 9.17) is 14.0 Å². The Morgan fingerprint density at radius 1 is 1.11 bits per heavy atom. The monoisotopic (exact) mass is 374 g/mol. The highest BCUT2D eigenvalue weighted by molar-refractivity contribution is 6.18. The molecule has 28 heavy (non-hydrogen) atoms. The molecule has 3 nitrogen and oxygen atoms in total. The first-order chi connectivity index (χ1) is 16.3. The van der Waals surface area contributed by atoms with E-state index in [0.717, 1.165) is 32.7 Å². The lowest BCUT2D eigenvalue weighted by Gasteiger charge is -2.09. The number of furan rings is 1. The van der Waals surface area contributed by atoms with Crippen LogP contribution in [0.5, 0.6) is 0 Å². The number of aryl methyl sites for hydroxylation is 2. The van der Waals surface area contributed by atoms with Crippen LogP contribution in [0.3, 0.4) is 0 Å². The summed E-state index contributed by atoms with van der Waals surface area (Å²) in [6.45, 7) is -4.21. The van der Waals surface area contributed by atoms with Crippen molar-refractivity contribution in [2.75, 3.05) is 0 Å². The molecule has 0 spiro atoms. The Balaban J connectivity index is 1.80. The topological polar surface area (TPSA) is 29.9 Å². The summed E-state index contributed by atoms with van der Waals surface area (Å²) in [6.07, 6.45) is 3.37. The number of fused-ring (bicyclic) bond motifs is 5. The average molecular weight is 375 g/mol. The number of benzene rings is 2. The van der Waals surface area contributed by atoms with E-state index in [1.807, 2.05) is 43.3 Å². The zero-order valence-corrected chi connectivity index (χ0v) is 15.6. The molecule has 0 aliphatic heterocycles. The van der Waals surface area contributed by atoms with E-state index < -0.39 is 19.6 Å². The number of hydrogen-bond donors (Lipinski definition) is 0. The molecule has 5 aromatic rings. The van der Waals surface area contributed by atoms with Crippen molar-refractivity contribution in [2.45, 2.75) is 26.5 Å². The van der Waals surface area contributed by atoms with Gasteiger partial charge in [0.2, 0.25) is 11.4 Å². The van der Waals surface area contributed by atoms with E-state index in [0.29, 0.717) is 17.0 Å². The predicted octanol–water partition coefficient (Wildman–Crippen LogP) is 6.06. The lowest BCUT2D eigenvalue weighted by Crippen LogP contribution is -2.30. The Hall–Kier alpha value is -3.20. The number of pyridine rings is 2. The van der Waals surface area contributed by atoms with Crippen LogP contribution >= 0.6 is 0 Å². The van der Waals surface area contributed by atoms with Gasteiger partial charge < -0.3 is 4.42 Å². The second-order valence-electron chi connectivity index (χ2n) is 7.08. The molecule has 0 fully saturated rings. The van der Waals surface area contributed by atoms with E-state index in [2.05, 4.69) is 4.98 Å². The van der Waals surface area contributed by atoms with Crippen LogP contribution in [-0.2, 0) is 7.05 Å². The second-order valence-corrected chi connectivity index (χ2v) is 7.08. The molecule has 5 rings (SSSR count). The van der Waals surface area contributed by atoms with Gasteiger partial charge >= 0.3 is 0 Å². The number of aromatic nitrogens is 2. The van der Waals surface area contributed by atoms with Crippen LogP contribution < -0.4 is 4.57 Å². The van der Waals surface area contributed by atoms with Crippen molar-refractivity contribution in [1.29, 1.82) is 0 Å². The van der Waals surface area contributed by atoms with Crippen LogP contribution in [0.4, 0.5) is 0 Å². The van der Waals surface area contributed by atoms with Crippen LogP contribution in [-0.4, -0.2) is 4.98 Å². The van der Waals surface area contributed by atoms with Crippen LogP contribution in [0.2, 0.25) is 0 Å². The highest BCUT2D eigenvalue weighted by Crippen LogP contribution is 2.36. The minimum Gasteiger partial charge on any atom is -0.438 e. The minimum absolute atomic E-state index is 0.0886. The molecule has 0 saturated heterocycles. The lowest BCUT2D eigenvalue weighted by atomic mass is 9.97. The molecular formula is C25H23N2O+. The SMILES string of the molecule is [2H]C([2H])([2H])C([2H])(c1cc[n+](C)c(-c2cc3c(cc2C)oc2ncc4ccccc4c23)c1)C([2H])([2H])[2H]. The van der Waals surface area contributed by atoms with Crippen LogP contribution in [0.25, 0.3) is 44.1 Å². The van der Waals surface area contributed by atoms with Crippen molar-refractivity contribution in [2.24, 2.45) is 7.05 Å². The van der Waals surface area contributed by atoms with Gasteiger partial charge in [-0.15, -0.1) is 0 Å². The summed E-state index contributed by atoms with van der Waals surface area (Å²) in [5, 5.41) is 3.70. The summed E-state index contributed by atoms with van der Waals surface area (Å²) >= 11 is 0. The molecule has 0 saturated carbocycles. The first-order valence-electron chi connectivity index (χ1n) is 12.5. The highest BCUT2D eigenvalue weighted by atomic mass is 16.3. The first-order valence-corrected chi connectivity index (χ1v) is 9.04. The molecule has 3 heteroatoms. The molecule has 0 unspecified atom stereocenters. The maximum absolute atomic E-state index is 8.59. The lowest BCUT2D eigenvalue weighted by molar-refractivity contribution is -0.660. The average Bonchev–Trinajstić information content (AvgIpc) is 3.14. The highest BCUT2D eigenvalue weighted by Gasteiger charge is 2.19. The van der Waals surface area contributed by atoms with Crippen molar-refractivity contribution in [3.63, 3.8) is 0 Å². The smallest absolute Gasteiger partial charge is 0.227 e. The Morgan fingerprint density at radius 2 is 1.96 bits per heavy atom. The molecular weight excluding hydrogens is 344 g/mol. The van der Waals surface area contributed by atoms with Gasteiger partial charge in [-0.05, 0) is 41.5 Å². The standard InChI is InChI=1S/C25H23N2O/c1-15(2)17-9-10-27(4)22(12-17)20-13-21-23(11-16(20)3)28-25-24(21)19-8-6-5-7-18(19)14-26-25/h5-15H,1-4H3/q+1/i1D3,2D3,15D. The summed E-state index contributed by atoms with van der Waals surface area (Å²) < 4.78 is 63.6. The van der Waals surface area contributed by atoms with E-state index in [1.165, 1.54) is 12.1 Å². The zero-order valence-electron chi connectivity index (χ0n) is 22.6. The van der Waals surface area contributed by atoms with Gasteiger partial charge in [-0.25, -0.2) is 9.55 Å². The van der Waals surface area contributed by atoms with E-state index in [9.17, 15) is 0 Å². The predicted molar refractivity (Wildman–Crippen MR) is 114 cm³/mol. The minimum atomic E-state index is -3.06. The summed E-state index contributed by atoms with van der Waals surface area (Å²) in [5.74, 6) is -2.77. The molecule has 0 amide bonds. The van der Waals surface area contributed by atoms with Gasteiger partial charge in [0.05, 0.1) is 5.39 Å². The molecule has 138 valence electrons. The number of hydrogen-bond acceptors (Lipinski definition) is 2. The first kappa shape index (κ1) is 11.0. The quantitative estimate of drug-likeness (QED) is 0.352. The van der Waals surface area contributed by atoms with Crippen molar-refractivity contribution < 1.29 is 18.6 Å². The third-order valence-corrected chi connectivity index (χ3v) is 5.28. The Bertz CT molecular complexity index is 1600. The van der Waals surface area contributed by atoms with Crippen molar-refractivity contribution in [3.05, 3.63) is 72.1 Å². The molecule has 3 aromatic heterocycles. The molecule has 0 atom stereocenters.